The van der Waals surface area contributed by atoms with Crippen molar-refractivity contribution in [3.8, 4) is 11.5 Å². The maximum absolute atomic E-state index is 5.40. The molecule has 1 saturated heterocycles. The molecule has 0 amide bonds. The normalized spacial score (nSPS) is 15.6. The van der Waals surface area contributed by atoms with Crippen LogP contribution in [0.25, 0.3) is 0 Å². The van der Waals surface area contributed by atoms with Gasteiger partial charge >= 0.3 is 0 Å². The lowest BCUT2D eigenvalue weighted by Crippen LogP contribution is -2.48. The van der Waals surface area contributed by atoms with E-state index < -0.39 is 0 Å². The number of ether oxygens (including phenoxy) is 2. The van der Waals surface area contributed by atoms with Gasteiger partial charge in [-0.3, -0.25) is 4.99 Å². The SMILES string of the molecule is CCCCCCNC(=NC)NC1CCN(c2cc(OC)cc(OC)c2)CC1. The van der Waals surface area contributed by atoms with E-state index in [1.54, 1.807) is 14.2 Å². The van der Waals surface area contributed by atoms with Gasteiger partial charge in [0.2, 0.25) is 0 Å². The van der Waals surface area contributed by atoms with Crippen molar-refractivity contribution in [1.82, 2.24) is 10.6 Å². The Labute approximate surface area is 164 Å². The first kappa shape index (κ1) is 21.2. The molecular weight excluding hydrogens is 340 g/mol. The summed E-state index contributed by atoms with van der Waals surface area (Å²) in [7, 11) is 5.23. The van der Waals surface area contributed by atoms with Crippen LogP contribution in [0.2, 0.25) is 0 Å². The second-order valence-electron chi connectivity index (χ2n) is 7.04. The minimum atomic E-state index is 0.454. The van der Waals surface area contributed by atoms with Crippen molar-refractivity contribution in [3.05, 3.63) is 18.2 Å². The van der Waals surface area contributed by atoms with Crippen LogP contribution in [0, 0.1) is 0 Å². The second kappa shape index (κ2) is 11.6. The van der Waals surface area contributed by atoms with Crippen molar-refractivity contribution >= 4 is 11.6 Å². The molecule has 27 heavy (non-hydrogen) atoms. The van der Waals surface area contributed by atoms with Gasteiger partial charge in [0.25, 0.3) is 0 Å². The van der Waals surface area contributed by atoms with Gasteiger partial charge in [0.15, 0.2) is 5.96 Å². The molecule has 1 fully saturated rings. The third-order valence-electron chi connectivity index (χ3n) is 5.08. The molecule has 2 N–H and O–H groups in total. The lowest BCUT2D eigenvalue weighted by molar-refractivity contribution is 0.393. The van der Waals surface area contributed by atoms with E-state index in [4.69, 9.17) is 9.47 Å². The van der Waals surface area contributed by atoms with Crippen molar-refractivity contribution in [3.63, 3.8) is 0 Å². The average Bonchev–Trinajstić information content (AvgIpc) is 2.72. The first-order chi connectivity index (χ1) is 13.2. The monoisotopic (exact) mass is 376 g/mol. The number of rotatable bonds is 9. The molecule has 0 atom stereocenters. The number of aliphatic imine (C=N–C) groups is 1. The molecule has 152 valence electrons. The highest BCUT2D eigenvalue weighted by Gasteiger charge is 2.21. The van der Waals surface area contributed by atoms with Gasteiger partial charge in [0.1, 0.15) is 11.5 Å². The summed E-state index contributed by atoms with van der Waals surface area (Å²) < 4.78 is 10.8. The quantitative estimate of drug-likeness (QED) is 0.393. The fourth-order valence-electron chi connectivity index (χ4n) is 3.40. The molecule has 6 heteroatoms. The van der Waals surface area contributed by atoms with Crippen molar-refractivity contribution < 1.29 is 9.47 Å². The topological polar surface area (TPSA) is 58.1 Å². The predicted molar refractivity (Wildman–Crippen MR) is 113 cm³/mol. The molecule has 2 rings (SSSR count). The Morgan fingerprint density at radius 1 is 1.07 bits per heavy atom. The zero-order valence-corrected chi connectivity index (χ0v) is 17.4. The van der Waals surface area contributed by atoms with Gasteiger partial charge in [-0.25, -0.2) is 0 Å². The van der Waals surface area contributed by atoms with E-state index in [0.717, 1.165) is 55.6 Å². The number of hydrogen-bond donors (Lipinski definition) is 2. The van der Waals surface area contributed by atoms with Crippen LogP contribution in [0.1, 0.15) is 45.4 Å². The molecule has 1 heterocycles. The van der Waals surface area contributed by atoms with Crippen LogP contribution in [-0.2, 0) is 0 Å². The maximum Gasteiger partial charge on any atom is 0.191 e. The summed E-state index contributed by atoms with van der Waals surface area (Å²) in [5.74, 6) is 2.59. The standard InChI is InChI=1S/C21H36N4O2/c1-5-6-7-8-11-23-21(22-2)24-17-9-12-25(13-10-17)18-14-19(26-3)16-20(15-18)27-4/h14-17H,5-13H2,1-4H3,(H2,22,23,24). The van der Waals surface area contributed by atoms with Gasteiger partial charge in [0.05, 0.1) is 14.2 Å². The second-order valence-corrected chi connectivity index (χ2v) is 7.04. The molecule has 0 saturated carbocycles. The summed E-state index contributed by atoms with van der Waals surface area (Å²) in [5, 5.41) is 7.02. The summed E-state index contributed by atoms with van der Waals surface area (Å²) in [6, 6.07) is 6.52. The van der Waals surface area contributed by atoms with Gasteiger partial charge in [-0.2, -0.15) is 0 Å². The third-order valence-corrected chi connectivity index (χ3v) is 5.08. The van der Waals surface area contributed by atoms with E-state index in [2.05, 4.69) is 39.6 Å². The Balaban J connectivity index is 1.81. The van der Waals surface area contributed by atoms with Crippen LogP contribution in [-0.4, -0.2) is 52.9 Å². The molecule has 1 aromatic rings. The Hall–Kier alpha value is -2.11. The summed E-state index contributed by atoms with van der Waals surface area (Å²) in [5.41, 5.74) is 1.16. The minimum absolute atomic E-state index is 0.454. The summed E-state index contributed by atoms with van der Waals surface area (Å²) in [6.07, 6.45) is 7.21. The van der Waals surface area contributed by atoms with Gasteiger partial charge < -0.3 is 25.0 Å². The van der Waals surface area contributed by atoms with Crippen molar-refractivity contribution in [1.29, 1.82) is 0 Å². The predicted octanol–water partition coefficient (Wildman–Crippen LogP) is 3.42. The van der Waals surface area contributed by atoms with E-state index in [1.165, 1.54) is 25.7 Å². The number of anilines is 1. The van der Waals surface area contributed by atoms with Crippen LogP contribution >= 0.6 is 0 Å². The van der Waals surface area contributed by atoms with Gasteiger partial charge in [-0.05, 0) is 19.3 Å². The molecule has 0 spiro atoms. The molecule has 0 unspecified atom stereocenters. The first-order valence-corrected chi connectivity index (χ1v) is 10.1. The number of hydrogen-bond acceptors (Lipinski definition) is 4. The molecule has 0 bridgehead atoms. The number of nitrogens with zero attached hydrogens (tertiary/aromatic N) is 2. The number of benzene rings is 1. The highest BCUT2D eigenvalue weighted by molar-refractivity contribution is 5.80. The molecule has 1 aliphatic rings. The van der Waals surface area contributed by atoms with Gasteiger partial charge in [-0.15, -0.1) is 0 Å². The number of unbranched alkanes of at least 4 members (excludes halogenated alkanes) is 3. The molecule has 0 radical (unpaired) electrons. The van der Waals surface area contributed by atoms with Crippen LogP contribution in [0.4, 0.5) is 5.69 Å². The highest BCUT2D eigenvalue weighted by Crippen LogP contribution is 2.30. The Kier molecular flexibility index (Phi) is 9.08. The Morgan fingerprint density at radius 2 is 1.74 bits per heavy atom. The zero-order chi connectivity index (χ0) is 19.5. The highest BCUT2D eigenvalue weighted by atomic mass is 16.5. The number of methoxy groups -OCH3 is 2. The minimum Gasteiger partial charge on any atom is -0.497 e. The number of nitrogens with one attached hydrogen (secondary N) is 2. The van der Waals surface area contributed by atoms with E-state index >= 15 is 0 Å². The third kappa shape index (κ3) is 6.85. The molecule has 1 aliphatic heterocycles. The van der Waals surface area contributed by atoms with Crippen LogP contribution in [0.5, 0.6) is 11.5 Å². The zero-order valence-electron chi connectivity index (χ0n) is 17.4. The van der Waals surface area contributed by atoms with Gasteiger partial charge in [0, 0.05) is 56.6 Å². The fraction of sp³-hybridized carbons (Fsp3) is 0.667. The summed E-state index contributed by atoms with van der Waals surface area (Å²) >= 11 is 0. The van der Waals surface area contributed by atoms with Gasteiger partial charge in [-0.1, -0.05) is 26.2 Å². The lowest BCUT2D eigenvalue weighted by atomic mass is 10.0. The first-order valence-electron chi connectivity index (χ1n) is 10.1. The molecule has 0 aliphatic carbocycles. The smallest absolute Gasteiger partial charge is 0.191 e. The van der Waals surface area contributed by atoms with Crippen molar-refractivity contribution in [2.45, 2.75) is 51.5 Å². The summed E-state index contributed by atoms with van der Waals surface area (Å²) in [6.45, 7) is 5.23. The van der Waals surface area contributed by atoms with E-state index in [-0.39, 0.29) is 0 Å². The number of guanidine groups is 1. The molecule has 6 nitrogen and oxygen atoms in total. The Morgan fingerprint density at radius 3 is 2.30 bits per heavy atom. The average molecular weight is 377 g/mol. The van der Waals surface area contributed by atoms with Crippen LogP contribution in [0.3, 0.4) is 0 Å². The van der Waals surface area contributed by atoms with E-state index in [1.807, 2.05) is 13.1 Å². The molecular formula is C21H36N4O2. The summed E-state index contributed by atoms with van der Waals surface area (Å²) in [4.78, 5) is 6.76. The molecule has 0 aromatic heterocycles. The van der Waals surface area contributed by atoms with Crippen LogP contribution < -0.4 is 25.0 Å². The van der Waals surface area contributed by atoms with E-state index in [9.17, 15) is 0 Å². The lowest BCUT2D eigenvalue weighted by Gasteiger charge is -2.34. The largest absolute Gasteiger partial charge is 0.497 e. The maximum atomic E-state index is 5.40. The van der Waals surface area contributed by atoms with E-state index in [0.29, 0.717) is 6.04 Å². The molecule has 1 aromatic carbocycles. The van der Waals surface area contributed by atoms with Crippen LogP contribution in [0.15, 0.2) is 23.2 Å². The fourth-order valence-corrected chi connectivity index (χ4v) is 3.40. The Bertz CT molecular complexity index is 561. The number of piperidine rings is 1. The van der Waals surface area contributed by atoms with Crippen molar-refractivity contribution in [2.75, 3.05) is 45.8 Å². The van der Waals surface area contributed by atoms with Crippen molar-refractivity contribution in [2.24, 2.45) is 4.99 Å².